The number of rotatable bonds is 7. The van der Waals surface area contributed by atoms with Crippen LogP contribution < -0.4 is 14.8 Å². The summed E-state index contributed by atoms with van der Waals surface area (Å²) in [6.45, 7) is 0.696. The summed E-state index contributed by atoms with van der Waals surface area (Å²) >= 11 is 0. The Morgan fingerprint density at radius 3 is 2.38 bits per heavy atom. The second-order valence-corrected chi connectivity index (χ2v) is 5.77. The first-order valence-corrected chi connectivity index (χ1v) is 7.77. The molecule has 1 amide bonds. The van der Waals surface area contributed by atoms with Gasteiger partial charge < -0.3 is 19.7 Å². The molecule has 0 radical (unpaired) electrons. The van der Waals surface area contributed by atoms with Crippen molar-refractivity contribution in [2.24, 2.45) is 0 Å². The normalized spacial score (nSPS) is 11.9. The molecule has 5 nitrogen and oxygen atoms in total. The van der Waals surface area contributed by atoms with Crippen LogP contribution in [0, 0.1) is 0 Å². The SMILES string of the molecule is COc1ccc(OC)c(C(=O)NC(CN(C)C)c2ccccc2)c1. The molecule has 0 fully saturated rings. The minimum Gasteiger partial charge on any atom is -0.497 e. The van der Waals surface area contributed by atoms with Crippen molar-refractivity contribution in [3.05, 3.63) is 59.7 Å². The predicted molar refractivity (Wildman–Crippen MR) is 94.7 cm³/mol. The minimum absolute atomic E-state index is 0.121. The maximum atomic E-state index is 12.8. The molecule has 0 heterocycles. The van der Waals surface area contributed by atoms with Gasteiger partial charge in [-0.15, -0.1) is 0 Å². The van der Waals surface area contributed by atoms with Crippen molar-refractivity contribution < 1.29 is 14.3 Å². The number of nitrogens with one attached hydrogen (secondary N) is 1. The average Bonchev–Trinajstić information content (AvgIpc) is 2.60. The highest BCUT2D eigenvalue weighted by Crippen LogP contribution is 2.25. The predicted octanol–water partition coefficient (Wildman–Crippen LogP) is 2.74. The number of benzene rings is 2. The van der Waals surface area contributed by atoms with Gasteiger partial charge in [0.1, 0.15) is 11.5 Å². The second-order valence-electron chi connectivity index (χ2n) is 5.77. The van der Waals surface area contributed by atoms with E-state index in [-0.39, 0.29) is 11.9 Å². The van der Waals surface area contributed by atoms with Crippen molar-refractivity contribution in [3.63, 3.8) is 0 Å². The van der Waals surface area contributed by atoms with E-state index >= 15 is 0 Å². The molecule has 0 saturated heterocycles. The van der Waals surface area contributed by atoms with Crippen molar-refractivity contribution >= 4 is 5.91 Å². The van der Waals surface area contributed by atoms with Crippen LogP contribution in [0.15, 0.2) is 48.5 Å². The molecule has 2 aromatic rings. The van der Waals surface area contributed by atoms with Crippen LogP contribution in [-0.4, -0.2) is 45.7 Å². The second kappa shape index (κ2) is 8.36. The lowest BCUT2D eigenvalue weighted by molar-refractivity contribution is 0.0926. The fraction of sp³-hybridized carbons (Fsp3) is 0.316. The number of hydrogen-bond acceptors (Lipinski definition) is 4. The third-order valence-corrected chi connectivity index (χ3v) is 3.71. The maximum absolute atomic E-state index is 12.8. The van der Waals surface area contributed by atoms with Gasteiger partial charge in [-0.25, -0.2) is 0 Å². The van der Waals surface area contributed by atoms with Crippen molar-refractivity contribution in [3.8, 4) is 11.5 Å². The van der Waals surface area contributed by atoms with E-state index in [1.807, 2.05) is 49.3 Å². The van der Waals surface area contributed by atoms with Gasteiger partial charge in [0.15, 0.2) is 0 Å². The van der Waals surface area contributed by atoms with Gasteiger partial charge >= 0.3 is 0 Å². The van der Waals surface area contributed by atoms with Gasteiger partial charge in [-0.05, 0) is 37.9 Å². The monoisotopic (exact) mass is 328 g/mol. The molecule has 128 valence electrons. The Labute approximate surface area is 143 Å². The van der Waals surface area contributed by atoms with E-state index in [4.69, 9.17) is 9.47 Å². The molecule has 0 aliphatic carbocycles. The van der Waals surface area contributed by atoms with Crippen LogP contribution >= 0.6 is 0 Å². The van der Waals surface area contributed by atoms with E-state index in [0.717, 1.165) is 5.56 Å². The summed E-state index contributed by atoms with van der Waals surface area (Å²) in [4.78, 5) is 14.8. The highest BCUT2D eigenvalue weighted by molar-refractivity contribution is 5.97. The number of likely N-dealkylation sites (N-methyl/N-ethyl adjacent to an activating group) is 1. The first-order valence-electron chi connectivity index (χ1n) is 7.77. The topological polar surface area (TPSA) is 50.8 Å². The van der Waals surface area contributed by atoms with Crippen molar-refractivity contribution in [2.45, 2.75) is 6.04 Å². The van der Waals surface area contributed by atoms with Crippen LogP contribution in [-0.2, 0) is 0 Å². The summed E-state index contributed by atoms with van der Waals surface area (Å²) in [6.07, 6.45) is 0. The summed E-state index contributed by atoms with van der Waals surface area (Å²) in [5.41, 5.74) is 1.51. The Kier molecular flexibility index (Phi) is 6.21. The van der Waals surface area contributed by atoms with E-state index in [9.17, 15) is 4.79 Å². The standard InChI is InChI=1S/C19H24N2O3/c1-21(2)13-17(14-8-6-5-7-9-14)20-19(22)16-12-15(23-3)10-11-18(16)24-4/h5-12,17H,13H2,1-4H3,(H,20,22). The molecule has 0 aliphatic heterocycles. The molecular formula is C19H24N2O3. The molecule has 24 heavy (non-hydrogen) atoms. The number of nitrogens with zero attached hydrogens (tertiary/aromatic N) is 1. The molecule has 1 atom stereocenters. The summed E-state index contributed by atoms with van der Waals surface area (Å²) in [7, 11) is 7.08. The Morgan fingerprint density at radius 1 is 1.08 bits per heavy atom. The van der Waals surface area contributed by atoms with Crippen LogP contribution in [0.25, 0.3) is 0 Å². The summed E-state index contributed by atoms with van der Waals surface area (Å²) < 4.78 is 10.5. The number of carbonyl (C=O) groups excluding carboxylic acids is 1. The third kappa shape index (κ3) is 4.49. The van der Waals surface area contributed by atoms with Crippen LogP contribution in [0.2, 0.25) is 0 Å². The van der Waals surface area contributed by atoms with Crippen molar-refractivity contribution in [1.82, 2.24) is 10.2 Å². The Morgan fingerprint density at radius 2 is 1.79 bits per heavy atom. The molecule has 2 rings (SSSR count). The van der Waals surface area contributed by atoms with E-state index < -0.39 is 0 Å². The zero-order valence-corrected chi connectivity index (χ0v) is 14.6. The van der Waals surface area contributed by atoms with Crippen molar-refractivity contribution in [2.75, 3.05) is 34.9 Å². The fourth-order valence-electron chi connectivity index (χ4n) is 2.51. The van der Waals surface area contributed by atoms with Gasteiger partial charge in [-0.1, -0.05) is 30.3 Å². The Bertz CT molecular complexity index is 672. The lowest BCUT2D eigenvalue weighted by atomic mass is 10.1. The first kappa shape index (κ1) is 17.8. The highest BCUT2D eigenvalue weighted by Gasteiger charge is 2.19. The molecule has 1 N–H and O–H groups in total. The molecule has 0 aromatic heterocycles. The molecule has 5 heteroatoms. The number of ether oxygens (including phenoxy) is 2. The van der Waals surface area contributed by atoms with E-state index in [0.29, 0.717) is 23.6 Å². The summed E-state index contributed by atoms with van der Waals surface area (Å²) in [5, 5.41) is 3.09. The van der Waals surface area contributed by atoms with Crippen LogP contribution in [0.3, 0.4) is 0 Å². The molecule has 0 aliphatic rings. The van der Waals surface area contributed by atoms with Gasteiger partial charge in [0.05, 0.1) is 25.8 Å². The summed E-state index contributed by atoms with van der Waals surface area (Å²) in [5.74, 6) is 0.941. The summed E-state index contributed by atoms with van der Waals surface area (Å²) in [6, 6.07) is 15.0. The van der Waals surface area contributed by atoms with Gasteiger partial charge in [0.2, 0.25) is 0 Å². The Balaban J connectivity index is 2.27. The van der Waals surface area contributed by atoms with Gasteiger partial charge in [-0.3, -0.25) is 4.79 Å². The highest BCUT2D eigenvalue weighted by atomic mass is 16.5. The largest absolute Gasteiger partial charge is 0.497 e. The number of amides is 1. The van der Waals surface area contributed by atoms with E-state index in [1.54, 1.807) is 32.4 Å². The molecule has 0 bridgehead atoms. The first-order chi connectivity index (χ1) is 11.5. The van der Waals surface area contributed by atoms with Crippen LogP contribution in [0.4, 0.5) is 0 Å². The smallest absolute Gasteiger partial charge is 0.255 e. The maximum Gasteiger partial charge on any atom is 0.255 e. The molecule has 1 unspecified atom stereocenters. The zero-order valence-electron chi connectivity index (χ0n) is 14.6. The van der Waals surface area contributed by atoms with Crippen LogP contribution in [0.5, 0.6) is 11.5 Å². The average molecular weight is 328 g/mol. The minimum atomic E-state index is -0.193. The lowest BCUT2D eigenvalue weighted by Gasteiger charge is -2.23. The van der Waals surface area contributed by atoms with Crippen LogP contribution in [0.1, 0.15) is 22.0 Å². The number of hydrogen-bond donors (Lipinski definition) is 1. The molecule has 2 aromatic carbocycles. The Hall–Kier alpha value is -2.53. The van der Waals surface area contributed by atoms with E-state index in [1.165, 1.54) is 0 Å². The molecule has 0 spiro atoms. The molecule has 0 saturated carbocycles. The quantitative estimate of drug-likeness (QED) is 0.849. The number of methoxy groups -OCH3 is 2. The molecular weight excluding hydrogens is 304 g/mol. The zero-order chi connectivity index (χ0) is 17.5. The van der Waals surface area contributed by atoms with Gasteiger partial charge in [0, 0.05) is 6.54 Å². The van der Waals surface area contributed by atoms with Gasteiger partial charge in [-0.2, -0.15) is 0 Å². The van der Waals surface area contributed by atoms with Crippen molar-refractivity contribution in [1.29, 1.82) is 0 Å². The fourth-order valence-corrected chi connectivity index (χ4v) is 2.51. The lowest BCUT2D eigenvalue weighted by Crippen LogP contribution is -2.35. The van der Waals surface area contributed by atoms with Gasteiger partial charge in [0.25, 0.3) is 5.91 Å². The van der Waals surface area contributed by atoms with E-state index in [2.05, 4.69) is 5.32 Å². The third-order valence-electron chi connectivity index (χ3n) is 3.71. The number of carbonyl (C=O) groups is 1.